The van der Waals surface area contributed by atoms with Crippen LogP contribution in [0.15, 0.2) is 42.5 Å². The van der Waals surface area contributed by atoms with E-state index >= 15 is 0 Å². The summed E-state index contributed by atoms with van der Waals surface area (Å²) in [7, 11) is 0. The third-order valence-corrected chi connectivity index (χ3v) is 3.59. The molecule has 114 valence electrons. The number of aromatic nitrogens is 4. The van der Waals surface area contributed by atoms with Gasteiger partial charge in [-0.15, -0.1) is 15.3 Å². The molecule has 0 saturated carbocycles. The van der Waals surface area contributed by atoms with Crippen molar-refractivity contribution in [3.8, 4) is 0 Å². The molecule has 1 atom stereocenters. The molecule has 0 bridgehead atoms. The van der Waals surface area contributed by atoms with Gasteiger partial charge in [-0.1, -0.05) is 30.3 Å². The minimum absolute atomic E-state index is 0.107. The van der Waals surface area contributed by atoms with Crippen LogP contribution in [-0.4, -0.2) is 31.5 Å². The van der Waals surface area contributed by atoms with E-state index in [1.165, 1.54) is 5.56 Å². The summed E-state index contributed by atoms with van der Waals surface area (Å²) < 4.78 is 1.72. The average Bonchev–Trinajstić information content (AvgIpc) is 2.93. The predicted molar refractivity (Wildman–Crippen MR) is 84.6 cm³/mol. The number of hydrogen-bond acceptors (Lipinski definition) is 5. The molecule has 0 aliphatic heterocycles. The Morgan fingerprint density at radius 3 is 2.73 bits per heavy atom. The molecule has 3 aromatic rings. The zero-order valence-electron chi connectivity index (χ0n) is 12.5. The van der Waals surface area contributed by atoms with E-state index in [4.69, 9.17) is 5.11 Å². The van der Waals surface area contributed by atoms with Crippen molar-refractivity contribution in [3.63, 3.8) is 0 Å². The van der Waals surface area contributed by atoms with Crippen LogP contribution < -0.4 is 5.32 Å². The number of aliphatic hydroxyl groups is 1. The average molecular weight is 297 g/mol. The van der Waals surface area contributed by atoms with Gasteiger partial charge in [0.05, 0.1) is 6.04 Å². The number of aryl methyl sites for hydroxylation is 1. The first-order valence-electron chi connectivity index (χ1n) is 7.39. The van der Waals surface area contributed by atoms with E-state index in [2.05, 4.69) is 32.7 Å². The minimum Gasteiger partial charge on any atom is -0.396 e. The second kappa shape index (κ2) is 6.53. The van der Waals surface area contributed by atoms with Crippen LogP contribution >= 0.6 is 0 Å². The molecule has 2 aromatic heterocycles. The van der Waals surface area contributed by atoms with Crippen molar-refractivity contribution < 1.29 is 5.11 Å². The van der Waals surface area contributed by atoms with E-state index in [9.17, 15) is 0 Å². The van der Waals surface area contributed by atoms with Crippen LogP contribution in [0.1, 0.15) is 30.3 Å². The van der Waals surface area contributed by atoms with Gasteiger partial charge in [-0.25, -0.2) is 0 Å². The van der Waals surface area contributed by atoms with Crippen LogP contribution in [0.4, 0.5) is 5.82 Å². The lowest BCUT2D eigenvalue weighted by atomic mass is 10.0. The molecule has 0 aliphatic carbocycles. The first-order valence-corrected chi connectivity index (χ1v) is 7.39. The summed E-state index contributed by atoms with van der Waals surface area (Å²) in [6.45, 7) is 2.05. The van der Waals surface area contributed by atoms with Gasteiger partial charge in [0.25, 0.3) is 0 Å². The fraction of sp³-hybridized carbons (Fsp3) is 0.312. The number of hydrogen-bond donors (Lipinski definition) is 2. The molecule has 6 heteroatoms. The standard InChI is InChI=1S/C16H19N5O/c1-12-18-19-16-10-9-15(20-21(12)16)17-14(8-5-11-22)13-6-3-2-4-7-13/h2-4,6-7,9-10,14,22H,5,8,11H2,1H3,(H,17,20). The number of benzene rings is 1. The van der Waals surface area contributed by atoms with E-state index in [1.807, 2.05) is 37.3 Å². The lowest BCUT2D eigenvalue weighted by Crippen LogP contribution is -2.13. The molecule has 0 radical (unpaired) electrons. The van der Waals surface area contributed by atoms with Gasteiger partial charge in [-0.05, 0) is 37.5 Å². The van der Waals surface area contributed by atoms with Gasteiger partial charge in [0, 0.05) is 6.61 Å². The van der Waals surface area contributed by atoms with Crippen LogP contribution in [0.2, 0.25) is 0 Å². The van der Waals surface area contributed by atoms with Gasteiger partial charge < -0.3 is 10.4 Å². The fourth-order valence-corrected chi connectivity index (χ4v) is 2.45. The Kier molecular flexibility index (Phi) is 4.29. The first-order chi connectivity index (χ1) is 10.8. The second-order valence-electron chi connectivity index (χ2n) is 5.21. The first kappa shape index (κ1) is 14.5. The molecule has 2 heterocycles. The summed E-state index contributed by atoms with van der Waals surface area (Å²) in [4.78, 5) is 0. The number of rotatable bonds is 6. The van der Waals surface area contributed by atoms with Crippen LogP contribution in [0.5, 0.6) is 0 Å². The number of fused-ring (bicyclic) bond motifs is 1. The highest BCUT2D eigenvalue weighted by Crippen LogP contribution is 2.23. The molecular weight excluding hydrogens is 278 g/mol. The van der Waals surface area contributed by atoms with Gasteiger partial charge in [0.1, 0.15) is 5.82 Å². The summed E-state index contributed by atoms with van der Waals surface area (Å²) in [6.07, 6.45) is 1.57. The van der Waals surface area contributed by atoms with Gasteiger partial charge in [0.2, 0.25) is 0 Å². The zero-order chi connectivity index (χ0) is 15.4. The lowest BCUT2D eigenvalue weighted by Gasteiger charge is -2.19. The van der Waals surface area contributed by atoms with Crippen molar-refractivity contribution in [1.29, 1.82) is 0 Å². The summed E-state index contributed by atoms with van der Waals surface area (Å²) in [6, 6.07) is 14.1. The summed E-state index contributed by atoms with van der Waals surface area (Å²) in [5.74, 6) is 1.52. The Morgan fingerprint density at radius 2 is 1.95 bits per heavy atom. The van der Waals surface area contributed by atoms with Gasteiger partial charge in [-0.2, -0.15) is 4.52 Å². The molecule has 0 aliphatic rings. The van der Waals surface area contributed by atoms with Gasteiger partial charge >= 0.3 is 0 Å². The maximum Gasteiger partial charge on any atom is 0.178 e. The smallest absolute Gasteiger partial charge is 0.178 e. The highest BCUT2D eigenvalue weighted by Gasteiger charge is 2.12. The summed E-state index contributed by atoms with van der Waals surface area (Å²) >= 11 is 0. The normalized spacial score (nSPS) is 12.5. The Labute approximate surface area is 128 Å². The Hall–Kier alpha value is -2.47. The third-order valence-electron chi connectivity index (χ3n) is 3.59. The minimum atomic E-state index is 0.107. The van der Waals surface area contributed by atoms with E-state index < -0.39 is 0 Å². The number of anilines is 1. The Bertz CT molecular complexity index is 741. The highest BCUT2D eigenvalue weighted by molar-refractivity contribution is 5.45. The third kappa shape index (κ3) is 3.07. The number of nitrogens with zero attached hydrogens (tertiary/aromatic N) is 4. The lowest BCUT2D eigenvalue weighted by molar-refractivity contribution is 0.281. The van der Waals surface area contributed by atoms with E-state index in [0.29, 0.717) is 0 Å². The van der Waals surface area contributed by atoms with Crippen LogP contribution in [0, 0.1) is 6.92 Å². The molecule has 3 rings (SSSR count). The van der Waals surface area contributed by atoms with Crippen molar-refractivity contribution in [3.05, 3.63) is 53.9 Å². The molecule has 0 amide bonds. The summed E-state index contributed by atoms with van der Waals surface area (Å²) in [5.41, 5.74) is 1.91. The van der Waals surface area contributed by atoms with Gasteiger partial charge in [-0.3, -0.25) is 0 Å². The van der Waals surface area contributed by atoms with Crippen molar-refractivity contribution in [1.82, 2.24) is 19.8 Å². The molecule has 0 saturated heterocycles. The van der Waals surface area contributed by atoms with Crippen molar-refractivity contribution >= 4 is 11.5 Å². The number of aliphatic hydroxyl groups excluding tert-OH is 1. The van der Waals surface area contributed by atoms with E-state index in [-0.39, 0.29) is 12.6 Å². The largest absolute Gasteiger partial charge is 0.396 e. The fourth-order valence-electron chi connectivity index (χ4n) is 2.45. The summed E-state index contributed by atoms with van der Waals surface area (Å²) in [5, 5.41) is 25.1. The molecular formula is C16H19N5O. The van der Waals surface area contributed by atoms with Crippen molar-refractivity contribution in [2.45, 2.75) is 25.8 Å². The van der Waals surface area contributed by atoms with Gasteiger partial charge in [0.15, 0.2) is 11.5 Å². The molecule has 0 fully saturated rings. The highest BCUT2D eigenvalue weighted by atomic mass is 16.2. The molecule has 1 aromatic carbocycles. The SMILES string of the molecule is Cc1nnc2ccc(NC(CCCO)c3ccccc3)nn12. The molecule has 1 unspecified atom stereocenters. The zero-order valence-corrected chi connectivity index (χ0v) is 12.5. The monoisotopic (exact) mass is 297 g/mol. The van der Waals surface area contributed by atoms with Crippen molar-refractivity contribution in [2.75, 3.05) is 11.9 Å². The van der Waals surface area contributed by atoms with Crippen LogP contribution in [0.25, 0.3) is 5.65 Å². The number of nitrogens with one attached hydrogen (secondary N) is 1. The molecule has 6 nitrogen and oxygen atoms in total. The van der Waals surface area contributed by atoms with E-state index in [1.54, 1.807) is 4.52 Å². The van der Waals surface area contributed by atoms with Crippen LogP contribution in [0.3, 0.4) is 0 Å². The molecule has 0 spiro atoms. The molecule has 2 N–H and O–H groups in total. The van der Waals surface area contributed by atoms with Crippen LogP contribution in [-0.2, 0) is 0 Å². The Morgan fingerprint density at radius 1 is 1.14 bits per heavy atom. The maximum atomic E-state index is 9.11. The van der Waals surface area contributed by atoms with Crippen molar-refractivity contribution in [2.24, 2.45) is 0 Å². The quantitative estimate of drug-likeness (QED) is 0.730. The Balaban J connectivity index is 1.86. The molecule has 22 heavy (non-hydrogen) atoms. The second-order valence-corrected chi connectivity index (χ2v) is 5.21. The topological polar surface area (TPSA) is 75.3 Å². The van der Waals surface area contributed by atoms with E-state index in [0.717, 1.165) is 30.1 Å². The predicted octanol–water partition coefficient (Wildman–Crippen LogP) is 2.36. The maximum absolute atomic E-state index is 9.11.